The summed E-state index contributed by atoms with van der Waals surface area (Å²) >= 11 is 0. The number of amides is 1. The van der Waals surface area contributed by atoms with Gasteiger partial charge in [0, 0.05) is 6.42 Å². The van der Waals surface area contributed by atoms with Crippen LogP contribution in [0.1, 0.15) is 251 Å². The number of unbranched alkanes of at least 4 members (excludes halogenated alkanes) is 31. The highest BCUT2D eigenvalue weighted by Gasteiger charge is 2.23. The summed E-state index contributed by atoms with van der Waals surface area (Å²) in [4.78, 5) is 25.4. The summed E-state index contributed by atoms with van der Waals surface area (Å²) in [5.41, 5.74) is 0. The first-order valence-corrected chi connectivity index (χ1v) is 29.0. The Kier molecular flexibility index (Phi) is 46.4. The molecule has 0 aliphatic rings. The van der Waals surface area contributed by atoms with Gasteiger partial charge in [-0.2, -0.15) is 0 Å². The zero-order chi connectivity index (χ0) is 47.8. The van der Waals surface area contributed by atoms with Gasteiger partial charge in [-0.05, 0) is 57.8 Å². The molecule has 0 saturated carbocycles. The van der Waals surface area contributed by atoms with Gasteiger partial charge in [0.25, 0.3) is 7.82 Å². The van der Waals surface area contributed by atoms with Gasteiger partial charge < -0.3 is 28.8 Å². The molecular formula is C56H107N2O6P. The lowest BCUT2D eigenvalue weighted by molar-refractivity contribution is -0.870. The third-order valence-electron chi connectivity index (χ3n) is 12.3. The first kappa shape index (κ1) is 63.5. The number of nitrogens with one attached hydrogen (secondary N) is 1. The standard InChI is InChI=1S/C56H107N2O6P/c1-6-8-10-12-14-16-18-20-22-23-24-25-26-27-28-29-30-31-32-33-34-35-36-38-40-42-44-46-48-50-56(60)57-54(53-64-65(61,62)63-52-51-58(3,4)5)55(59)49-47-45-43-41-39-37-21-19-17-15-13-11-9-7-2/h18,20,23-24,26-27,47,49,54-55,59H,6-17,19,21-22,25,28-46,48,50-53H2,1-5H3,(H-,57,60,61,62)/b20-18-,24-23-,27-26-,49-47+. The molecule has 0 heterocycles. The van der Waals surface area contributed by atoms with Gasteiger partial charge in [-0.1, -0.05) is 236 Å². The molecule has 9 heteroatoms. The number of hydrogen-bond acceptors (Lipinski definition) is 6. The van der Waals surface area contributed by atoms with Crippen molar-refractivity contribution in [1.29, 1.82) is 0 Å². The number of phosphoric acid groups is 1. The summed E-state index contributed by atoms with van der Waals surface area (Å²) < 4.78 is 23.3. The maximum absolute atomic E-state index is 12.9. The Bertz CT molecular complexity index is 1200. The fourth-order valence-corrected chi connectivity index (χ4v) is 8.65. The third kappa shape index (κ3) is 50.2. The highest BCUT2D eigenvalue weighted by Crippen LogP contribution is 2.38. The highest BCUT2D eigenvalue weighted by atomic mass is 31.2. The molecule has 0 aromatic carbocycles. The van der Waals surface area contributed by atoms with Crippen molar-refractivity contribution in [2.45, 2.75) is 264 Å². The number of hydrogen-bond donors (Lipinski definition) is 2. The van der Waals surface area contributed by atoms with Gasteiger partial charge in [0.2, 0.25) is 5.91 Å². The number of quaternary nitrogens is 1. The van der Waals surface area contributed by atoms with Crippen LogP contribution in [0.3, 0.4) is 0 Å². The second kappa shape index (κ2) is 47.5. The molecule has 2 N–H and O–H groups in total. The number of nitrogens with zero attached hydrogens (tertiary/aromatic N) is 1. The van der Waals surface area contributed by atoms with Crippen LogP contribution in [-0.4, -0.2) is 68.5 Å². The summed E-state index contributed by atoms with van der Waals surface area (Å²) in [6.45, 7) is 4.65. The minimum atomic E-state index is -4.59. The number of rotatable bonds is 50. The van der Waals surface area contributed by atoms with Crippen molar-refractivity contribution in [2.75, 3.05) is 40.9 Å². The first-order valence-electron chi connectivity index (χ1n) is 27.5. The lowest BCUT2D eigenvalue weighted by Gasteiger charge is -2.29. The fourth-order valence-electron chi connectivity index (χ4n) is 7.93. The summed E-state index contributed by atoms with van der Waals surface area (Å²) in [5, 5.41) is 13.8. The van der Waals surface area contributed by atoms with Crippen molar-refractivity contribution in [3.05, 3.63) is 48.6 Å². The number of carbonyl (C=O) groups excluding carboxylic acids is 1. The van der Waals surface area contributed by atoms with Crippen molar-refractivity contribution in [2.24, 2.45) is 0 Å². The zero-order valence-electron chi connectivity index (χ0n) is 43.4. The lowest BCUT2D eigenvalue weighted by atomic mass is 10.0. The van der Waals surface area contributed by atoms with Gasteiger partial charge in [-0.3, -0.25) is 9.36 Å². The SMILES string of the molecule is CCCCCCC/C=C\C/C=C\C/C=C\CCCCCCCCCCCCCCCCC(=O)NC(COP(=O)([O-])OCC[N+](C)(C)C)C(O)/C=C/CCCCCCCCCCCCCC. The number of carbonyl (C=O) groups is 1. The number of phosphoric ester groups is 1. The van der Waals surface area contributed by atoms with Crippen molar-refractivity contribution in [3.63, 3.8) is 0 Å². The molecule has 8 nitrogen and oxygen atoms in total. The number of aliphatic hydroxyl groups is 1. The quantitative estimate of drug-likeness (QED) is 0.0272. The first-order chi connectivity index (χ1) is 31.5. The summed E-state index contributed by atoms with van der Waals surface area (Å²) in [6, 6.07) is -0.886. The Morgan fingerprint density at radius 1 is 0.538 bits per heavy atom. The minimum absolute atomic E-state index is 0.00132. The van der Waals surface area contributed by atoms with Crippen LogP contribution in [0.5, 0.6) is 0 Å². The molecule has 0 bridgehead atoms. The largest absolute Gasteiger partial charge is 0.756 e. The van der Waals surface area contributed by atoms with Crippen LogP contribution in [-0.2, 0) is 18.4 Å². The van der Waals surface area contributed by atoms with Crippen molar-refractivity contribution in [3.8, 4) is 0 Å². The monoisotopic (exact) mass is 935 g/mol. The zero-order valence-corrected chi connectivity index (χ0v) is 44.3. The van der Waals surface area contributed by atoms with Crippen LogP contribution < -0.4 is 10.2 Å². The van der Waals surface area contributed by atoms with Gasteiger partial charge in [-0.25, -0.2) is 0 Å². The van der Waals surface area contributed by atoms with Crippen LogP contribution in [0.4, 0.5) is 0 Å². The molecule has 3 atom stereocenters. The molecule has 0 saturated heterocycles. The lowest BCUT2D eigenvalue weighted by Crippen LogP contribution is -2.45. The van der Waals surface area contributed by atoms with E-state index < -0.39 is 20.0 Å². The Balaban J connectivity index is 4.14. The van der Waals surface area contributed by atoms with Crippen molar-refractivity contribution in [1.82, 2.24) is 5.32 Å². The molecule has 0 aliphatic carbocycles. The molecule has 0 rings (SSSR count). The number of aliphatic hydroxyl groups excluding tert-OH is 1. The van der Waals surface area contributed by atoms with Gasteiger partial charge >= 0.3 is 0 Å². The van der Waals surface area contributed by atoms with Gasteiger partial charge in [0.05, 0.1) is 39.9 Å². The third-order valence-corrected chi connectivity index (χ3v) is 13.2. The maximum atomic E-state index is 12.9. The van der Waals surface area contributed by atoms with E-state index in [0.29, 0.717) is 17.4 Å². The Morgan fingerprint density at radius 3 is 1.29 bits per heavy atom. The molecule has 1 amide bonds. The van der Waals surface area contributed by atoms with E-state index in [0.717, 1.165) is 51.4 Å². The second-order valence-electron chi connectivity index (χ2n) is 19.9. The van der Waals surface area contributed by atoms with E-state index in [2.05, 4.69) is 55.6 Å². The molecule has 0 spiro atoms. The van der Waals surface area contributed by atoms with Crippen LogP contribution in [0.25, 0.3) is 0 Å². The predicted molar refractivity (Wildman–Crippen MR) is 279 cm³/mol. The maximum Gasteiger partial charge on any atom is 0.268 e. The normalized spacial score (nSPS) is 14.4. The average Bonchev–Trinajstić information content (AvgIpc) is 3.26. The minimum Gasteiger partial charge on any atom is -0.756 e. The molecular weight excluding hydrogens is 828 g/mol. The van der Waals surface area contributed by atoms with E-state index in [9.17, 15) is 19.4 Å². The molecule has 3 unspecified atom stereocenters. The average molecular weight is 935 g/mol. The molecule has 0 aromatic heterocycles. The van der Waals surface area contributed by atoms with Crippen LogP contribution >= 0.6 is 7.82 Å². The van der Waals surface area contributed by atoms with Crippen molar-refractivity contribution >= 4 is 13.7 Å². The van der Waals surface area contributed by atoms with Crippen molar-refractivity contribution < 1.29 is 32.9 Å². The summed E-state index contributed by atoms with van der Waals surface area (Å²) in [6.07, 6.45) is 61.8. The topological polar surface area (TPSA) is 108 Å². The van der Waals surface area contributed by atoms with Crippen LogP contribution in [0.15, 0.2) is 48.6 Å². The van der Waals surface area contributed by atoms with Crippen LogP contribution in [0.2, 0.25) is 0 Å². The summed E-state index contributed by atoms with van der Waals surface area (Å²) in [7, 11) is 1.26. The Labute approximate surface area is 403 Å². The smallest absolute Gasteiger partial charge is 0.268 e. The van der Waals surface area contributed by atoms with Gasteiger partial charge in [-0.15, -0.1) is 0 Å². The molecule has 382 valence electrons. The van der Waals surface area contributed by atoms with E-state index in [1.165, 1.54) is 180 Å². The Hall–Kier alpha value is -1.54. The fraction of sp³-hybridized carbons (Fsp3) is 0.839. The van der Waals surface area contributed by atoms with Gasteiger partial charge in [0.15, 0.2) is 0 Å². The Morgan fingerprint density at radius 2 is 0.892 bits per heavy atom. The summed E-state index contributed by atoms with van der Waals surface area (Å²) in [5.74, 6) is -0.198. The molecule has 0 aliphatic heterocycles. The predicted octanol–water partition coefficient (Wildman–Crippen LogP) is 15.7. The van der Waals surface area contributed by atoms with E-state index >= 15 is 0 Å². The van der Waals surface area contributed by atoms with E-state index in [1.807, 2.05) is 27.2 Å². The molecule has 0 fully saturated rings. The second-order valence-corrected chi connectivity index (χ2v) is 21.3. The van der Waals surface area contributed by atoms with E-state index in [4.69, 9.17) is 9.05 Å². The molecule has 65 heavy (non-hydrogen) atoms. The highest BCUT2D eigenvalue weighted by molar-refractivity contribution is 7.45. The van der Waals surface area contributed by atoms with Gasteiger partial charge in [0.1, 0.15) is 13.2 Å². The number of likely N-dealkylation sites (N-methyl/N-ethyl adjacent to an activating group) is 1. The van der Waals surface area contributed by atoms with E-state index in [1.54, 1.807) is 6.08 Å². The molecule has 0 radical (unpaired) electrons. The van der Waals surface area contributed by atoms with E-state index in [-0.39, 0.29) is 19.1 Å². The molecule has 0 aromatic rings. The number of allylic oxidation sites excluding steroid dienone is 7. The van der Waals surface area contributed by atoms with Crippen LogP contribution in [0, 0.1) is 0 Å².